The van der Waals surface area contributed by atoms with Gasteiger partial charge in [-0.2, -0.15) is 0 Å². The summed E-state index contributed by atoms with van der Waals surface area (Å²) < 4.78 is 20.1. The van der Waals surface area contributed by atoms with Gasteiger partial charge in [-0.3, -0.25) is 24.2 Å². The average molecular weight is 470 g/mol. The maximum Gasteiger partial charge on any atom is 0.414 e. The molecule has 170 valence electrons. The number of rotatable bonds is 5. The maximum absolute atomic E-state index is 14.9. The van der Waals surface area contributed by atoms with Crippen LogP contribution in [0, 0.1) is 5.82 Å². The molecular formula is C22H19FN4O5S. The Balaban J connectivity index is 1.48. The van der Waals surface area contributed by atoms with Gasteiger partial charge in [-0.1, -0.05) is 12.1 Å². The van der Waals surface area contributed by atoms with Crippen molar-refractivity contribution in [3.63, 3.8) is 0 Å². The topological polar surface area (TPSA) is 108 Å². The summed E-state index contributed by atoms with van der Waals surface area (Å²) in [4.78, 5) is 49.6. The van der Waals surface area contributed by atoms with Gasteiger partial charge in [0, 0.05) is 18.1 Å². The van der Waals surface area contributed by atoms with Crippen LogP contribution in [0.2, 0.25) is 0 Å². The Bertz CT molecular complexity index is 1170. The largest absolute Gasteiger partial charge is 0.442 e. The molecule has 0 spiro atoms. The van der Waals surface area contributed by atoms with Crippen molar-refractivity contribution in [3.05, 3.63) is 53.8 Å². The van der Waals surface area contributed by atoms with Crippen molar-refractivity contribution in [1.29, 1.82) is 0 Å². The predicted octanol–water partition coefficient (Wildman–Crippen LogP) is 1.81. The minimum absolute atomic E-state index is 0.0514. The number of amides is 4. The van der Waals surface area contributed by atoms with Crippen molar-refractivity contribution in [3.8, 4) is 11.1 Å². The standard InChI is InChI=1S/C22H19FN4O5S/c1-12(28)24-9-16-10-26(22(31)32-16)15-6-7-17(18(23)8-15)13-2-4-14(5-3-13)20(30)27-11-19(29)25-21(27)33/h2-8,16H,9-11H2,1H3,(H,24,28)(H,25,29,33)/t16-/m0/s1. The Morgan fingerprint density at radius 1 is 1.21 bits per heavy atom. The van der Waals surface area contributed by atoms with Crippen LogP contribution in [-0.2, 0) is 14.3 Å². The van der Waals surface area contributed by atoms with E-state index < -0.39 is 23.9 Å². The van der Waals surface area contributed by atoms with Gasteiger partial charge in [-0.05, 0) is 48.1 Å². The highest BCUT2D eigenvalue weighted by molar-refractivity contribution is 7.80. The predicted molar refractivity (Wildman–Crippen MR) is 120 cm³/mol. The zero-order valence-electron chi connectivity index (χ0n) is 17.5. The molecule has 2 aromatic carbocycles. The van der Waals surface area contributed by atoms with Crippen LogP contribution in [0.25, 0.3) is 11.1 Å². The van der Waals surface area contributed by atoms with E-state index in [0.717, 1.165) is 4.90 Å². The fraction of sp³-hybridized carbons (Fsp3) is 0.227. The number of nitrogens with one attached hydrogen (secondary N) is 2. The van der Waals surface area contributed by atoms with E-state index in [4.69, 9.17) is 17.0 Å². The van der Waals surface area contributed by atoms with E-state index in [1.165, 1.54) is 36.1 Å². The number of nitrogens with zero attached hydrogens (tertiary/aromatic N) is 2. The van der Waals surface area contributed by atoms with Gasteiger partial charge in [0.15, 0.2) is 5.11 Å². The van der Waals surface area contributed by atoms with Crippen molar-refractivity contribution in [2.45, 2.75) is 13.0 Å². The van der Waals surface area contributed by atoms with Gasteiger partial charge in [-0.15, -0.1) is 0 Å². The Morgan fingerprint density at radius 2 is 1.94 bits per heavy atom. The summed E-state index contributed by atoms with van der Waals surface area (Å²) in [6.07, 6.45) is -1.14. The molecule has 2 saturated heterocycles. The fourth-order valence-corrected chi connectivity index (χ4v) is 3.82. The Kier molecular flexibility index (Phi) is 6.05. The monoisotopic (exact) mass is 470 g/mol. The number of carbonyl (C=O) groups excluding carboxylic acids is 4. The van der Waals surface area contributed by atoms with Crippen molar-refractivity contribution in [2.75, 3.05) is 24.5 Å². The lowest BCUT2D eigenvalue weighted by Crippen LogP contribution is -2.33. The summed E-state index contributed by atoms with van der Waals surface area (Å²) in [6, 6.07) is 10.6. The van der Waals surface area contributed by atoms with Gasteiger partial charge in [0.05, 0.1) is 18.8 Å². The van der Waals surface area contributed by atoms with E-state index >= 15 is 0 Å². The second-order valence-corrected chi connectivity index (χ2v) is 7.93. The third-order valence-electron chi connectivity index (χ3n) is 5.20. The molecule has 0 bridgehead atoms. The average Bonchev–Trinajstić information content (AvgIpc) is 3.32. The van der Waals surface area contributed by atoms with E-state index in [9.17, 15) is 23.6 Å². The van der Waals surface area contributed by atoms with Gasteiger partial charge >= 0.3 is 6.09 Å². The summed E-state index contributed by atoms with van der Waals surface area (Å²) in [5.74, 6) is -1.57. The molecule has 2 aliphatic heterocycles. The van der Waals surface area contributed by atoms with E-state index in [1.807, 2.05) is 0 Å². The number of hydrogen-bond donors (Lipinski definition) is 2. The first-order valence-electron chi connectivity index (χ1n) is 10.0. The number of ether oxygens (including phenoxy) is 1. The molecule has 0 saturated carbocycles. The summed E-state index contributed by atoms with van der Waals surface area (Å²) in [7, 11) is 0. The smallest absolute Gasteiger partial charge is 0.414 e. The van der Waals surface area contributed by atoms with E-state index in [-0.39, 0.29) is 42.1 Å². The summed E-state index contributed by atoms with van der Waals surface area (Å²) in [6.45, 7) is 1.59. The lowest BCUT2D eigenvalue weighted by atomic mass is 10.0. The molecule has 2 aromatic rings. The molecule has 0 unspecified atom stereocenters. The number of cyclic esters (lactones) is 1. The molecule has 4 rings (SSSR count). The van der Waals surface area contributed by atoms with Crippen LogP contribution in [0.5, 0.6) is 0 Å². The van der Waals surface area contributed by atoms with Crippen molar-refractivity contribution in [2.24, 2.45) is 0 Å². The lowest BCUT2D eigenvalue weighted by Gasteiger charge is -2.15. The van der Waals surface area contributed by atoms with Crippen LogP contribution >= 0.6 is 12.2 Å². The number of anilines is 1. The molecule has 2 fully saturated rings. The number of hydrogen-bond acceptors (Lipinski definition) is 6. The van der Waals surface area contributed by atoms with Gasteiger partial charge in [0.2, 0.25) is 11.8 Å². The summed E-state index contributed by atoms with van der Waals surface area (Å²) >= 11 is 4.98. The van der Waals surface area contributed by atoms with E-state index in [0.29, 0.717) is 16.8 Å². The first-order chi connectivity index (χ1) is 15.7. The quantitative estimate of drug-likeness (QED) is 0.646. The maximum atomic E-state index is 14.9. The zero-order chi connectivity index (χ0) is 23.7. The highest BCUT2D eigenvalue weighted by atomic mass is 32.1. The van der Waals surface area contributed by atoms with Crippen LogP contribution < -0.4 is 15.5 Å². The molecule has 11 heteroatoms. The second-order valence-electron chi connectivity index (χ2n) is 7.54. The van der Waals surface area contributed by atoms with Gasteiger partial charge in [-0.25, -0.2) is 9.18 Å². The number of benzene rings is 2. The molecule has 2 aliphatic rings. The molecule has 0 aliphatic carbocycles. The molecule has 0 aromatic heterocycles. The molecule has 2 N–H and O–H groups in total. The van der Waals surface area contributed by atoms with Crippen LogP contribution in [0.3, 0.4) is 0 Å². The molecule has 2 heterocycles. The SMILES string of the molecule is CC(=O)NC[C@H]1CN(c2ccc(-c3ccc(C(=O)N4CC(=O)NC4=S)cc3)c(F)c2)C(=O)O1. The highest BCUT2D eigenvalue weighted by Crippen LogP contribution is 2.29. The highest BCUT2D eigenvalue weighted by Gasteiger charge is 2.33. The minimum atomic E-state index is -0.617. The Hall–Kier alpha value is -3.86. The van der Waals surface area contributed by atoms with Crippen LogP contribution in [0.4, 0.5) is 14.9 Å². The molecule has 33 heavy (non-hydrogen) atoms. The van der Waals surface area contributed by atoms with Gasteiger partial charge < -0.3 is 15.4 Å². The van der Waals surface area contributed by atoms with Crippen LogP contribution in [0.15, 0.2) is 42.5 Å². The van der Waals surface area contributed by atoms with Crippen LogP contribution in [0.1, 0.15) is 17.3 Å². The lowest BCUT2D eigenvalue weighted by molar-refractivity contribution is -0.119. The first-order valence-corrected chi connectivity index (χ1v) is 10.4. The molecule has 4 amide bonds. The molecule has 0 radical (unpaired) electrons. The summed E-state index contributed by atoms with van der Waals surface area (Å²) in [5.41, 5.74) is 1.45. The third-order valence-corrected chi connectivity index (χ3v) is 5.52. The van der Waals surface area contributed by atoms with Crippen molar-refractivity contribution < 1.29 is 28.3 Å². The zero-order valence-corrected chi connectivity index (χ0v) is 18.3. The number of thiocarbonyl (C=S) groups is 1. The van der Waals surface area contributed by atoms with Crippen molar-refractivity contribution in [1.82, 2.24) is 15.5 Å². The molecule has 1 atom stereocenters. The Labute approximate surface area is 193 Å². The third kappa shape index (κ3) is 4.67. The fourth-order valence-electron chi connectivity index (χ4n) is 3.56. The molecular weight excluding hydrogens is 451 g/mol. The summed E-state index contributed by atoms with van der Waals surface area (Å²) in [5, 5.41) is 5.04. The second kappa shape index (κ2) is 8.94. The van der Waals surface area contributed by atoms with Gasteiger partial charge in [0.25, 0.3) is 5.91 Å². The number of halogens is 1. The van der Waals surface area contributed by atoms with Gasteiger partial charge in [0.1, 0.15) is 18.5 Å². The van der Waals surface area contributed by atoms with E-state index in [2.05, 4.69) is 10.6 Å². The normalized spacial score (nSPS) is 17.8. The van der Waals surface area contributed by atoms with Crippen molar-refractivity contribution >= 4 is 46.8 Å². The number of carbonyl (C=O) groups is 4. The first kappa shape index (κ1) is 22.3. The minimum Gasteiger partial charge on any atom is -0.442 e. The Morgan fingerprint density at radius 3 is 2.55 bits per heavy atom. The van der Waals surface area contributed by atoms with E-state index in [1.54, 1.807) is 18.2 Å². The molecule has 9 nitrogen and oxygen atoms in total. The van der Waals surface area contributed by atoms with Crippen LogP contribution in [-0.4, -0.2) is 59.6 Å².